The monoisotopic (exact) mass is 195 g/mol. The summed E-state index contributed by atoms with van der Waals surface area (Å²) < 4.78 is 0. The van der Waals surface area contributed by atoms with E-state index in [4.69, 9.17) is 31.3 Å². The fraction of sp³-hybridized carbons (Fsp3) is 0.833. The van der Waals surface area contributed by atoms with Crippen molar-refractivity contribution in [3.05, 3.63) is 0 Å². The van der Waals surface area contributed by atoms with Crippen molar-refractivity contribution in [1.29, 1.82) is 0 Å². The Labute approximate surface area is 74.0 Å². The molecule has 0 aromatic heterocycles. The lowest BCUT2D eigenvalue weighted by Gasteiger charge is -2.30. The standard InChI is InChI=1S/C6H13NO6/c7-6(13,2-9)5(12)4(11)3(10)1-8/h1,3-5,9-13H,2,7H2/t3-,4-,5+,6-/m1/s1. The van der Waals surface area contributed by atoms with Crippen LogP contribution in [0.25, 0.3) is 0 Å². The molecule has 78 valence electrons. The number of aliphatic hydroxyl groups excluding tert-OH is 4. The first-order valence-electron chi connectivity index (χ1n) is 3.48. The number of hydrogen-bond donors (Lipinski definition) is 6. The Morgan fingerprint density at radius 2 is 1.85 bits per heavy atom. The topological polar surface area (TPSA) is 144 Å². The zero-order chi connectivity index (χ0) is 10.6. The number of aldehydes is 1. The van der Waals surface area contributed by atoms with Crippen molar-refractivity contribution in [2.75, 3.05) is 6.61 Å². The Bertz CT molecular complexity index is 173. The number of carbonyl (C=O) groups is 1. The molecule has 7 N–H and O–H groups in total. The molecule has 0 rings (SSSR count). The molecule has 0 spiro atoms. The maximum atomic E-state index is 9.96. The number of hydrogen-bond acceptors (Lipinski definition) is 7. The van der Waals surface area contributed by atoms with Gasteiger partial charge in [-0.25, -0.2) is 0 Å². The van der Waals surface area contributed by atoms with Gasteiger partial charge in [0.25, 0.3) is 0 Å². The third kappa shape index (κ3) is 2.99. The minimum atomic E-state index is -2.45. The van der Waals surface area contributed by atoms with Gasteiger partial charge in [-0.1, -0.05) is 0 Å². The summed E-state index contributed by atoms with van der Waals surface area (Å²) in [7, 11) is 0. The van der Waals surface area contributed by atoms with Gasteiger partial charge >= 0.3 is 0 Å². The molecule has 13 heavy (non-hydrogen) atoms. The van der Waals surface area contributed by atoms with E-state index in [1.165, 1.54) is 0 Å². The van der Waals surface area contributed by atoms with E-state index in [9.17, 15) is 4.79 Å². The molecule has 0 saturated heterocycles. The van der Waals surface area contributed by atoms with Crippen LogP contribution in [0, 0.1) is 0 Å². The smallest absolute Gasteiger partial charge is 0.165 e. The third-order valence-electron chi connectivity index (χ3n) is 1.58. The van der Waals surface area contributed by atoms with Gasteiger partial charge in [-0.2, -0.15) is 0 Å². The van der Waals surface area contributed by atoms with Crippen LogP contribution in [0.3, 0.4) is 0 Å². The Balaban J connectivity index is 4.40. The average Bonchev–Trinajstić information content (AvgIpc) is 2.14. The minimum absolute atomic E-state index is 0.0264. The molecule has 0 unspecified atom stereocenters. The lowest BCUT2D eigenvalue weighted by Crippen LogP contribution is -2.60. The molecule has 0 aromatic rings. The van der Waals surface area contributed by atoms with Crippen LogP contribution in [0.4, 0.5) is 0 Å². The lowest BCUT2D eigenvalue weighted by molar-refractivity contribution is -0.166. The van der Waals surface area contributed by atoms with Crippen molar-refractivity contribution in [2.24, 2.45) is 5.73 Å². The van der Waals surface area contributed by atoms with Crippen LogP contribution in [0.5, 0.6) is 0 Å². The summed E-state index contributed by atoms with van der Waals surface area (Å²) in [4.78, 5) is 9.96. The van der Waals surface area contributed by atoms with Gasteiger partial charge in [0.2, 0.25) is 0 Å². The summed E-state index contributed by atoms with van der Waals surface area (Å²) in [5.41, 5.74) is 2.47. The quantitative estimate of drug-likeness (QED) is 0.193. The fourth-order valence-corrected chi connectivity index (χ4v) is 0.656. The summed E-state index contributed by atoms with van der Waals surface area (Å²) in [5.74, 6) is 0. The highest BCUT2D eigenvalue weighted by molar-refractivity contribution is 5.56. The van der Waals surface area contributed by atoms with E-state index < -0.39 is 30.6 Å². The van der Waals surface area contributed by atoms with Crippen molar-refractivity contribution in [3.63, 3.8) is 0 Å². The van der Waals surface area contributed by atoms with E-state index in [-0.39, 0.29) is 6.29 Å². The maximum absolute atomic E-state index is 9.96. The molecular formula is C6H13NO6. The molecule has 0 aliphatic carbocycles. The first-order valence-corrected chi connectivity index (χ1v) is 3.48. The van der Waals surface area contributed by atoms with Crippen LogP contribution >= 0.6 is 0 Å². The van der Waals surface area contributed by atoms with Gasteiger partial charge in [-0.3, -0.25) is 5.73 Å². The van der Waals surface area contributed by atoms with Gasteiger partial charge < -0.3 is 30.3 Å². The molecule has 0 aliphatic rings. The predicted molar refractivity (Wildman–Crippen MR) is 40.3 cm³/mol. The molecule has 0 amide bonds. The molecule has 7 nitrogen and oxygen atoms in total. The van der Waals surface area contributed by atoms with Crippen molar-refractivity contribution in [2.45, 2.75) is 24.0 Å². The number of rotatable bonds is 5. The molecule has 4 atom stereocenters. The van der Waals surface area contributed by atoms with Crippen LogP contribution in [0.15, 0.2) is 0 Å². The highest BCUT2D eigenvalue weighted by Gasteiger charge is 2.39. The minimum Gasteiger partial charge on any atom is -0.392 e. The average molecular weight is 195 g/mol. The molecule has 7 heteroatoms. The summed E-state index contributed by atoms with van der Waals surface area (Å²) in [5, 5.41) is 44.2. The molecule has 0 aromatic carbocycles. The van der Waals surface area contributed by atoms with Gasteiger partial charge in [0.1, 0.15) is 18.3 Å². The van der Waals surface area contributed by atoms with Crippen LogP contribution in [-0.4, -0.2) is 62.5 Å². The fourth-order valence-electron chi connectivity index (χ4n) is 0.656. The van der Waals surface area contributed by atoms with E-state index in [2.05, 4.69) is 0 Å². The third-order valence-corrected chi connectivity index (χ3v) is 1.58. The molecule has 0 fully saturated rings. The number of nitrogens with two attached hydrogens (primary N) is 1. The first kappa shape index (κ1) is 12.4. The largest absolute Gasteiger partial charge is 0.392 e. The van der Waals surface area contributed by atoms with Crippen molar-refractivity contribution in [1.82, 2.24) is 0 Å². The second-order valence-electron chi connectivity index (χ2n) is 2.71. The molecule has 0 saturated carbocycles. The molecular weight excluding hydrogens is 182 g/mol. The van der Waals surface area contributed by atoms with E-state index in [1.807, 2.05) is 0 Å². The highest BCUT2D eigenvalue weighted by Crippen LogP contribution is 2.09. The maximum Gasteiger partial charge on any atom is 0.165 e. The van der Waals surface area contributed by atoms with Gasteiger partial charge in [-0.05, 0) is 0 Å². The Morgan fingerprint density at radius 3 is 2.15 bits per heavy atom. The zero-order valence-corrected chi connectivity index (χ0v) is 6.74. The number of carbonyl (C=O) groups excluding carboxylic acids is 1. The zero-order valence-electron chi connectivity index (χ0n) is 6.74. The second-order valence-corrected chi connectivity index (χ2v) is 2.71. The SMILES string of the molecule is N[C@@](O)(CO)[C@@H](O)[C@H](O)[C@H](O)C=O. The first-order chi connectivity index (χ1) is 5.86. The van der Waals surface area contributed by atoms with Gasteiger partial charge in [0, 0.05) is 0 Å². The molecule has 0 heterocycles. The van der Waals surface area contributed by atoms with E-state index >= 15 is 0 Å². The van der Waals surface area contributed by atoms with Crippen LogP contribution in [0.1, 0.15) is 0 Å². The molecule has 0 aliphatic heterocycles. The molecule has 0 radical (unpaired) electrons. The normalized spacial score (nSPS) is 22.9. The van der Waals surface area contributed by atoms with Crippen LogP contribution in [0.2, 0.25) is 0 Å². The summed E-state index contributed by atoms with van der Waals surface area (Å²) >= 11 is 0. The van der Waals surface area contributed by atoms with Gasteiger partial charge in [0.15, 0.2) is 12.0 Å². The Kier molecular flexibility index (Phi) is 4.40. The number of aliphatic hydroxyl groups is 5. The van der Waals surface area contributed by atoms with E-state index in [1.54, 1.807) is 0 Å². The van der Waals surface area contributed by atoms with Crippen LogP contribution in [-0.2, 0) is 4.79 Å². The lowest BCUT2D eigenvalue weighted by atomic mass is 9.99. The van der Waals surface area contributed by atoms with Crippen molar-refractivity contribution in [3.8, 4) is 0 Å². The van der Waals surface area contributed by atoms with Gasteiger partial charge in [-0.15, -0.1) is 0 Å². The highest BCUT2D eigenvalue weighted by atomic mass is 16.4. The van der Waals surface area contributed by atoms with Crippen molar-refractivity contribution >= 4 is 6.29 Å². The summed E-state index contributed by atoms with van der Waals surface area (Å²) in [6.07, 6.45) is -5.85. The Hall–Kier alpha value is -0.570. The van der Waals surface area contributed by atoms with Crippen LogP contribution < -0.4 is 5.73 Å². The van der Waals surface area contributed by atoms with Gasteiger partial charge in [0.05, 0.1) is 6.61 Å². The van der Waals surface area contributed by atoms with Crippen molar-refractivity contribution < 1.29 is 30.3 Å². The predicted octanol–water partition coefficient (Wildman–Crippen LogP) is -4.09. The van der Waals surface area contributed by atoms with E-state index in [0.29, 0.717) is 0 Å². The molecule has 0 bridgehead atoms. The summed E-state index contributed by atoms with van der Waals surface area (Å²) in [6.45, 7) is -1.02. The van der Waals surface area contributed by atoms with E-state index in [0.717, 1.165) is 0 Å². The summed E-state index contributed by atoms with van der Waals surface area (Å²) in [6, 6.07) is 0. The Morgan fingerprint density at radius 1 is 1.38 bits per heavy atom. The second kappa shape index (κ2) is 4.61.